The van der Waals surface area contributed by atoms with Gasteiger partial charge >= 0.3 is 0 Å². The predicted molar refractivity (Wildman–Crippen MR) is 143 cm³/mol. The van der Waals surface area contributed by atoms with E-state index in [0.29, 0.717) is 16.5 Å². The fraction of sp³-hybridized carbons (Fsp3) is 0.448. The van der Waals surface area contributed by atoms with Crippen molar-refractivity contribution in [2.45, 2.75) is 54.8 Å². The van der Waals surface area contributed by atoms with Gasteiger partial charge in [0.2, 0.25) is 11.8 Å². The van der Waals surface area contributed by atoms with Crippen molar-refractivity contribution in [2.75, 3.05) is 7.05 Å². The third-order valence-electron chi connectivity index (χ3n) is 8.92. The number of phenols is 1. The Labute approximate surface area is 230 Å². The highest BCUT2D eigenvalue weighted by molar-refractivity contribution is 6.53. The highest BCUT2D eigenvalue weighted by Gasteiger charge is 2.76. The summed E-state index contributed by atoms with van der Waals surface area (Å²) in [5.74, 6) is -4.89. The Balaban J connectivity index is 1.63. The third kappa shape index (κ3) is 2.92. The molecule has 4 aliphatic rings. The summed E-state index contributed by atoms with van der Waals surface area (Å²) in [6, 6.07) is 10.7. The van der Waals surface area contributed by atoms with Gasteiger partial charge in [-0.05, 0) is 56.4 Å². The summed E-state index contributed by atoms with van der Waals surface area (Å²) < 4.78 is 0. The monoisotopic (exact) mass is 554 g/mol. The molecule has 2 heterocycles. The molecule has 2 aliphatic carbocycles. The molecule has 2 aliphatic heterocycles. The summed E-state index contributed by atoms with van der Waals surface area (Å²) in [5.41, 5.74) is 0.331. The van der Waals surface area contributed by atoms with Crippen LogP contribution in [0.2, 0.25) is 0 Å². The highest BCUT2D eigenvalue weighted by Crippen LogP contribution is 2.66. The van der Waals surface area contributed by atoms with Crippen LogP contribution < -0.4 is 0 Å². The first kappa shape index (κ1) is 25.4. The number of alkyl halides is 2. The van der Waals surface area contributed by atoms with Crippen LogP contribution in [-0.2, 0) is 19.2 Å². The van der Waals surface area contributed by atoms with E-state index in [4.69, 9.17) is 23.2 Å². The number of allylic oxidation sites excluding steroid dienone is 2. The van der Waals surface area contributed by atoms with E-state index in [9.17, 15) is 24.3 Å². The van der Waals surface area contributed by atoms with Crippen molar-refractivity contribution in [3.05, 3.63) is 53.6 Å². The number of rotatable bonds is 1. The number of benzene rings is 2. The van der Waals surface area contributed by atoms with Gasteiger partial charge in [-0.15, -0.1) is 23.2 Å². The zero-order valence-corrected chi connectivity index (χ0v) is 23.0. The van der Waals surface area contributed by atoms with Gasteiger partial charge in [-0.2, -0.15) is 0 Å². The number of halogens is 2. The first-order chi connectivity index (χ1) is 17.7. The molecule has 2 aromatic rings. The smallest absolute Gasteiger partial charge is 0.253 e. The van der Waals surface area contributed by atoms with E-state index < -0.39 is 50.8 Å². The number of likely N-dealkylation sites (tertiary alicyclic amines) is 2. The Morgan fingerprint density at radius 2 is 1.63 bits per heavy atom. The van der Waals surface area contributed by atoms with Crippen LogP contribution in [-0.4, -0.2) is 60.9 Å². The SMILES string of the molecule is CN1C(=O)[C@]2(Cl)C[C@@H]3C(=CC[C@@H]4C(=O)N(C(C)(C)C)C(=O)[C@@H]43)[C@H](c3c(O)ccc4ccccc34)[C@]2(Cl)C1=O. The van der Waals surface area contributed by atoms with Crippen LogP contribution in [0.4, 0.5) is 0 Å². The Morgan fingerprint density at radius 3 is 2.32 bits per heavy atom. The lowest BCUT2D eigenvalue weighted by molar-refractivity contribution is -0.146. The molecule has 0 unspecified atom stereocenters. The van der Waals surface area contributed by atoms with E-state index in [1.54, 1.807) is 12.1 Å². The van der Waals surface area contributed by atoms with Gasteiger partial charge in [0.1, 0.15) is 5.75 Å². The lowest BCUT2D eigenvalue weighted by atomic mass is 9.56. The van der Waals surface area contributed by atoms with E-state index in [-0.39, 0.29) is 30.4 Å². The topological polar surface area (TPSA) is 95.0 Å². The highest BCUT2D eigenvalue weighted by atomic mass is 35.5. The average molecular weight is 555 g/mol. The second-order valence-electron chi connectivity index (χ2n) is 11.9. The standard InChI is InChI=1S/C29H28Cl2N2O5/c1-27(2,3)33-23(35)17-11-10-16-18(20(17)24(33)36)13-28(30)25(37)32(4)26(38)29(28,31)22(16)21-15-8-6-5-7-14(15)9-12-19(21)34/h5-10,12,17-18,20,22,34H,11,13H2,1-4H3/t17-,18+,20-,22+,28+,29-/m0/s1. The largest absolute Gasteiger partial charge is 0.508 e. The van der Waals surface area contributed by atoms with Crippen LogP contribution in [0.5, 0.6) is 5.75 Å². The van der Waals surface area contributed by atoms with Gasteiger partial charge in [0.15, 0.2) is 9.75 Å². The molecule has 198 valence electrons. The Bertz CT molecular complexity index is 1500. The van der Waals surface area contributed by atoms with Crippen molar-refractivity contribution >= 4 is 57.6 Å². The Kier molecular flexibility index (Phi) is 5.23. The molecule has 6 atom stereocenters. The van der Waals surface area contributed by atoms with Crippen molar-refractivity contribution in [1.29, 1.82) is 0 Å². The number of amides is 4. The molecule has 0 spiro atoms. The average Bonchev–Trinajstić information content (AvgIpc) is 3.20. The molecule has 2 aromatic carbocycles. The van der Waals surface area contributed by atoms with Crippen molar-refractivity contribution in [2.24, 2.45) is 17.8 Å². The summed E-state index contributed by atoms with van der Waals surface area (Å²) in [5, 5.41) is 12.7. The summed E-state index contributed by atoms with van der Waals surface area (Å²) in [7, 11) is 1.35. The summed E-state index contributed by atoms with van der Waals surface area (Å²) in [6.07, 6.45) is 2.10. The number of hydrogen-bond acceptors (Lipinski definition) is 5. The van der Waals surface area contributed by atoms with Gasteiger partial charge in [-0.1, -0.05) is 42.0 Å². The van der Waals surface area contributed by atoms with E-state index in [2.05, 4.69) is 0 Å². The van der Waals surface area contributed by atoms with Crippen LogP contribution in [0.15, 0.2) is 48.0 Å². The van der Waals surface area contributed by atoms with E-state index in [0.717, 1.165) is 10.3 Å². The molecule has 1 saturated carbocycles. The number of aromatic hydroxyl groups is 1. The lowest BCUT2D eigenvalue weighted by Crippen LogP contribution is -2.60. The number of imide groups is 2. The van der Waals surface area contributed by atoms with Gasteiger partial charge in [-0.3, -0.25) is 29.0 Å². The van der Waals surface area contributed by atoms with Crippen LogP contribution in [0.25, 0.3) is 10.8 Å². The van der Waals surface area contributed by atoms with Gasteiger partial charge in [-0.25, -0.2) is 0 Å². The molecule has 6 rings (SSSR count). The van der Waals surface area contributed by atoms with Crippen molar-refractivity contribution < 1.29 is 24.3 Å². The Hall–Kier alpha value is -2.90. The van der Waals surface area contributed by atoms with Crippen molar-refractivity contribution in [3.63, 3.8) is 0 Å². The number of fused-ring (bicyclic) bond motifs is 5. The van der Waals surface area contributed by atoms with Crippen LogP contribution >= 0.6 is 23.2 Å². The second-order valence-corrected chi connectivity index (χ2v) is 13.1. The van der Waals surface area contributed by atoms with Gasteiger partial charge in [0, 0.05) is 24.1 Å². The van der Waals surface area contributed by atoms with Crippen LogP contribution in [0, 0.1) is 17.8 Å². The minimum absolute atomic E-state index is 0.0704. The Morgan fingerprint density at radius 1 is 0.947 bits per heavy atom. The van der Waals surface area contributed by atoms with E-state index in [1.807, 2.05) is 51.1 Å². The van der Waals surface area contributed by atoms with Gasteiger partial charge in [0.25, 0.3) is 11.8 Å². The predicted octanol–water partition coefficient (Wildman–Crippen LogP) is 4.33. The number of hydrogen-bond donors (Lipinski definition) is 1. The van der Waals surface area contributed by atoms with Crippen LogP contribution in [0.1, 0.15) is 45.1 Å². The molecule has 7 nitrogen and oxygen atoms in total. The van der Waals surface area contributed by atoms with Gasteiger partial charge in [0.05, 0.1) is 11.8 Å². The minimum Gasteiger partial charge on any atom is -0.508 e. The molecule has 0 radical (unpaired) electrons. The van der Waals surface area contributed by atoms with Crippen molar-refractivity contribution in [1.82, 2.24) is 9.80 Å². The molecule has 4 amide bonds. The number of carbonyl (C=O) groups excluding carboxylic acids is 4. The summed E-state index contributed by atoms with van der Waals surface area (Å²) in [6.45, 7) is 5.44. The zero-order valence-electron chi connectivity index (χ0n) is 21.5. The maximum atomic E-state index is 13.9. The maximum Gasteiger partial charge on any atom is 0.253 e. The lowest BCUT2D eigenvalue weighted by Gasteiger charge is -2.51. The summed E-state index contributed by atoms with van der Waals surface area (Å²) in [4.78, 5) is 53.1. The molecule has 2 saturated heterocycles. The molecule has 1 N–H and O–H groups in total. The van der Waals surface area contributed by atoms with E-state index >= 15 is 0 Å². The number of nitrogens with zero attached hydrogens (tertiary/aromatic N) is 2. The number of carbonyl (C=O) groups is 4. The van der Waals surface area contributed by atoms with Gasteiger partial charge < -0.3 is 5.11 Å². The summed E-state index contributed by atoms with van der Waals surface area (Å²) >= 11 is 14.5. The maximum absolute atomic E-state index is 13.9. The normalized spacial score (nSPS) is 34.9. The first-order valence-corrected chi connectivity index (χ1v) is 13.5. The molecule has 0 bridgehead atoms. The van der Waals surface area contributed by atoms with Crippen molar-refractivity contribution in [3.8, 4) is 5.75 Å². The molecule has 38 heavy (non-hydrogen) atoms. The first-order valence-electron chi connectivity index (χ1n) is 12.7. The third-order valence-corrected chi connectivity index (χ3v) is 10.3. The molecule has 0 aromatic heterocycles. The van der Waals surface area contributed by atoms with Crippen LogP contribution in [0.3, 0.4) is 0 Å². The fourth-order valence-corrected chi connectivity index (χ4v) is 8.31. The quantitative estimate of drug-likeness (QED) is 0.321. The minimum atomic E-state index is -1.94. The molecule has 3 fully saturated rings. The number of phenolic OH excluding ortho intramolecular Hbond substituents is 1. The fourth-order valence-electron chi connectivity index (χ4n) is 7.31. The second kappa shape index (κ2) is 7.82. The van der Waals surface area contributed by atoms with E-state index in [1.165, 1.54) is 11.9 Å². The molecular formula is C29H28Cl2N2O5. The molecule has 9 heteroatoms. The zero-order chi connectivity index (χ0) is 27.5. The molecular weight excluding hydrogens is 527 g/mol.